The van der Waals surface area contributed by atoms with Crippen LogP contribution in [0.4, 0.5) is 17.6 Å². The molecule has 0 heterocycles. The van der Waals surface area contributed by atoms with E-state index in [0.717, 1.165) is 0 Å². The van der Waals surface area contributed by atoms with Crippen LogP contribution < -0.4 is 0 Å². The molecule has 0 radical (unpaired) electrons. The number of carbonyl (C=O) groups excluding carboxylic acids is 1. The van der Waals surface area contributed by atoms with Gasteiger partial charge < -0.3 is 0 Å². The van der Waals surface area contributed by atoms with Crippen LogP contribution in [0, 0.1) is 9.39 Å². The maximum Gasteiger partial charge on any atom is 0.418 e. The van der Waals surface area contributed by atoms with Gasteiger partial charge >= 0.3 is 6.18 Å². The topological polar surface area (TPSA) is 17.1 Å². The Kier molecular flexibility index (Phi) is 3.59. The van der Waals surface area contributed by atoms with Crippen molar-refractivity contribution in [2.24, 2.45) is 0 Å². The minimum absolute atomic E-state index is 0.399. The fourth-order valence-electron chi connectivity index (χ4n) is 1.02. The third-order valence-corrected chi connectivity index (χ3v) is 2.60. The Morgan fingerprint density at radius 1 is 1.33 bits per heavy atom. The smallest absolute Gasteiger partial charge is 0.276 e. The molecule has 82 valence electrons. The second-order valence-electron chi connectivity index (χ2n) is 2.58. The van der Waals surface area contributed by atoms with Gasteiger partial charge in [0.2, 0.25) is 0 Å². The Morgan fingerprint density at radius 3 is 2.27 bits per heavy atom. The number of rotatable bonds is 1. The molecule has 0 bridgehead atoms. The lowest BCUT2D eigenvalue weighted by atomic mass is 10.1. The first-order valence-corrected chi connectivity index (χ1v) is 4.95. The fraction of sp³-hybridized carbons (Fsp3) is 0.125. The number of carbonyl (C=O) groups is 1. The molecular weight excluding hydrogens is 350 g/mol. The van der Waals surface area contributed by atoms with Crippen LogP contribution in [0.25, 0.3) is 0 Å². The van der Waals surface area contributed by atoms with Crippen LogP contribution in [0.3, 0.4) is 0 Å². The van der Waals surface area contributed by atoms with E-state index >= 15 is 0 Å². The van der Waals surface area contributed by atoms with E-state index in [2.05, 4.69) is 0 Å². The zero-order chi connectivity index (χ0) is 11.8. The molecule has 0 amide bonds. The highest BCUT2D eigenvalue weighted by Crippen LogP contribution is 2.36. The molecule has 0 aliphatic carbocycles. The van der Waals surface area contributed by atoms with Crippen LogP contribution >= 0.6 is 34.2 Å². The molecule has 0 spiro atoms. The number of halogens is 6. The Bertz CT molecular complexity index is 416. The predicted molar refractivity (Wildman–Crippen MR) is 54.3 cm³/mol. The first-order valence-electron chi connectivity index (χ1n) is 3.49. The maximum absolute atomic E-state index is 12.8. The van der Waals surface area contributed by atoms with Gasteiger partial charge in [-0.1, -0.05) is 0 Å². The second-order valence-corrected chi connectivity index (χ2v) is 4.09. The Hall–Kier alpha value is -0.370. The summed E-state index contributed by atoms with van der Waals surface area (Å²) in [4.78, 5) is 10.7. The SMILES string of the molecule is O=C(Cl)c1cc(F)cc(I)c1C(F)(F)F. The van der Waals surface area contributed by atoms with E-state index in [-0.39, 0.29) is 0 Å². The van der Waals surface area contributed by atoms with Crippen LogP contribution in [-0.2, 0) is 6.18 Å². The van der Waals surface area contributed by atoms with Crippen molar-refractivity contribution in [2.75, 3.05) is 0 Å². The molecule has 0 saturated heterocycles. The molecule has 0 fully saturated rings. The zero-order valence-electron chi connectivity index (χ0n) is 6.83. The molecule has 0 atom stereocenters. The normalized spacial score (nSPS) is 11.6. The second kappa shape index (κ2) is 4.25. The first-order chi connectivity index (χ1) is 6.73. The summed E-state index contributed by atoms with van der Waals surface area (Å²) in [6.07, 6.45) is -4.73. The van der Waals surface area contributed by atoms with Crippen LogP contribution in [0.2, 0.25) is 0 Å². The maximum atomic E-state index is 12.8. The van der Waals surface area contributed by atoms with E-state index < -0.39 is 31.9 Å². The molecule has 7 heteroatoms. The van der Waals surface area contributed by atoms with Crippen LogP contribution in [0.1, 0.15) is 15.9 Å². The first kappa shape index (κ1) is 12.7. The molecule has 0 saturated carbocycles. The highest BCUT2D eigenvalue weighted by molar-refractivity contribution is 14.1. The lowest BCUT2D eigenvalue weighted by Crippen LogP contribution is -2.13. The predicted octanol–water partition coefficient (Wildman–Crippen LogP) is 3.83. The number of alkyl halides is 3. The molecule has 0 aromatic heterocycles. The van der Waals surface area contributed by atoms with Crippen molar-refractivity contribution in [1.29, 1.82) is 0 Å². The lowest BCUT2D eigenvalue weighted by molar-refractivity contribution is -0.138. The molecule has 0 N–H and O–H groups in total. The van der Waals surface area contributed by atoms with Crippen LogP contribution in [0.15, 0.2) is 12.1 Å². The van der Waals surface area contributed by atoms with E-state index in [1.54, 1.807) is 0 Å². The fourth-order valence-corrected chi connectivity index (χ4v) is 2.06. The Balaban J connectivity index is 3.55. The summed E-state index contributed by atoms with van der Waals surface area (Å²) in [5, 5.41) is -1.33. The quantitative estimate of drug-likeness (QED) is 0.426. The standard InChI is InChI=1S/C8H2ClF4IO/c9-7(15)4-1-3(10)2-5(14)6(4)8(11,12)13/h1-2H. The summed E-state index contributed by atoms with van der Waals surface area (Å²) < 4.78 is 49.8. The van der Waals surface area contributed by atoms with Gasteiger partial charge in [0, 0.05) is 3.57 Å². The summed E-state index contributed by atoms with van der Waals surface area (Å²) in [5.41, 5.74) is -2.07. The summed E-state index contributed by atoms with van der Waals surface area (Å²) in [6.45, 7) is 0. The summed E-state index contributed by atoms with van der Waals surface area (Å²) in [5.74, 6) is -0.934. The van der Waals surface area contributed by atoms with E-state index in [9.17, 15) is 22.4 Å². The largest absolute Gasteiger partial charge is 0.418 e. The van der Waals surface area contributed by atoms with Crippen molar-refractivity contribution < 1.29 is 22.4 Å². The molecular formula is C8H2ClF4IO. The molecule has 1 aromatic carbocycles. The molecule has 0 aliphatic heterocycles. The van der Waals surface area contributed by atoms with Crippen molar-refractivity contribution in [3.05, 3.63) is 32.6 Å². The Morgan fingerprint density at radius 2 is 1.87 bits per heavy atom. The van der Waals surface area contributed by atoms with Gasteiger partial charge in [0.25, 0.3) is 5.24 Å². The van der Waals surface area contributed by atoms with Gasteiger partial charge in [-0.3, -0.25) is 4.79 Å². The molecule has 1 rings (SSSR count). The van der Waals surface area contributed by atoms with E-state index in [4.69, 9.17) is 11.6 Å². The van der Waals surface area contributed by atoms with Gasteiger partial charge in [-0.05, 0) is 46.3 Å². The van der Waals surface area contributed by atoms with E-state index in [1.165, 1.54) is 22.6 Å². The Labute approximate surface area is 101 Å². The van der Waals surface area contributed by atoms with Crippen LogP contribution in [-0.4, -0.2) is 5.24 Å². The van der Waals surface area contributed by atoms with Crippen molar-refractivity contribution in [3.63, 3.8) is 0 Å². The van der Waals surface area contributed by atoms with E-state index in [0.29, 0.717) is 12.1 Å². The van der Waals surface area contributed by atoms with Gasteiger partial charge in [0.05, 0.1) is 11.1 Å². The van der Waals surface area contributed by atoms with Gasteiger partial charge in [-0.25, -0.2) is 4.39 Å². The van der Waals surface area contributed by atoms with Gasteiger partial charge in [-0.15, -0.1) is 0 Å². The molecule has 1 nitrogen and oxygen atoms in total. The molecule has 0 aliphatic rings. The minimum Gasteiger partial charge on any atom is -0.276 e. The highest BCUT2D eigenvalue weighted by atomic mass is 127. The van der Waals surface area contributed by atoms with Crippen molar-refractivity contribution in [3.8, 4) is 0 Å². The third-order valence-electron chi connectivity index (χ3n) is 1.55. The van der Waals surface area contributed by atoms with Crippen molar-refractivity contribution in [2.45, 2.75) is 6.18 Å². The monoisotopic (exact) mass is 352 g/mol. The summed E-state index contributed by atoms with van der Waals surface area (Å²) in [6, 6.07) is 1.16. The van der Waals surface area contributed by atoms with Crippen molar-refractivity contribution >= 4 is 39.4 Å². The van der Waals surface area contributed by atoms with Crippen molar-refractivity contribution in [1.82, 2.24) is 0 Å². The average Bonchev–Trinajstić information content (AvgIpc) is 1.99. The zero-order valence-corrected chi connectivity index (χ0v) is 9.74. The summed E-state index contributed by atoms with van der Waals surface area (Å²) in [7, 11) is 0. The third kappa shape index (κ3) is 2.81. The average molecular weight is 352 g/mol. The van der Waals surface area contributed by atoms with Gasteiger partial charge in [0.15, 0.2) is 0 Å². The van der Waals surface area contributed by atoms with Gasteiger partial charge in [0.1, 0.15) is 5.82 Å². The molecule has 0 unspecified atom stereocenters. The number of benzene rings is 1. The minimum atomic E-state index is -4.73. The molecule has 1 aromatic rings. The number of hydrogen-bond donors (Lipinski definition) is 0. The summed E-state index contributed by atoms with van der Waals surface area (Å²) >= 11 is 6.25. The molecule has 15 heavy (non-hydrogen) atoms. The number of hydrogen-bond acceptors (Lipinski definition) is 1. The van der Waals surface area contributed by atoms with E-state index in [1.807, 2.05) is 0 Å². The lowest BCUT2D eigenvalue weighted by Gasteiger charge is -2.12. The highest BCUT2D eigenvalue weighted by Gasteiger charge is 2.37. The van der Waals surface area contributed by atoms with Crippen LogP contribution in [0.5, 0.6) is 0 Å². The van der Waals surface area contributed by atoms with Gasteiger partial charge in [-0.2, -0.15) is 13.2 Å².